The van der Waals surface area contributed by atoms with E-state index in [1.807, 2.05) is 0 Å². The summed E-state index contributed by atoms with van der Waals surface area (Å²) in [7, 11) is 0. The fourth-order valence-electron chi connectivity index (χ4n) is 1.81. The fourth-order valence-corrected chi connectivity index (χ4v) is 2.60. The highest BCUT2D eigenvalue weighted by Gasteiger charge is 2.40. The standard InChI is InChI=1S/C9H15N3S/c1-5(2)3-6-4-7(6)8-11-9(10)12-13-8/h5-7H,3-4H2,1-2H3,(H2,10,12)/t6-,7-/m1/s1. The number of anilines is 1. The van der Waals surface area contributed by atoms with Crippen LogP contribution in [0.1, 0.15) is 37.6 Å². The first-order valence-corrected chi connectivity index (χ1v) is 5.53. The molecule has 1 aromatic rings. The number of hydrogen-bond donors (Lipinski definition) is 1. The molecule has 13 heavy (non-hydrogen) atoms. The van der Waals surface area contributed by atoms with Crippen molar-refractivity contribution in [2.24, 2.45) is 11.8 Å². The molecule has 0 radical (unpaired) electrons. The summed E-state index contributed by atoms with van der Waals surface area (Å²) < 4.78 is 4.00. The average molecular weight is 197 g/mol. The minimum absolute atomic E-state index is 0.440. The number of nitrogens with two attached hydrogens (primary N) is 1. The van der Waals surface area contributed by atoms with Crippen LogP contribution < -0.4 is 5.73 Å². The zero-order chi connectivity index (χ0) is 9.42. The molecule has 0 saturated heterocycles. The molecule has 2 N–H and O–H groups in total. The highest BCUT2D eigenvalue weighted by atomic mass is 32.1. The lowest BCUT2D eigenvalue weighted by Crippen LogP contribution is -1.91. The van der Waals surface area contributed by atoms with Gasteiger partial charge in [-0.2, -0.15) is 4.37 Å². The van der Waals surface area contributed by atoms with E-state index in [1.54, 1.807) is 0 Å². The fraction of sp³-hybridized carbons (Fsp3) is 0.778. The molecule has 72 valence electrons. The third-order valence-corrected chi connectivity index (χ3v) is 3.33. The van der Waals surface area contributed by atoms with Gasteiger partial charge < -0.3 is 5.73 Å². The SMILES string of the molecule is CC(C)C[C@@H]1C[C@H]1c1nc(N)ns1. The highest BCUT2D eigenvalue weighted by Crippen LogP contribution is 2.51. The number of rotatable bonds is 3. The molecule has 2 rings (SSSR count). The van der Waals surface area contributed by atoms with Crippen molar-refractivity contribution in [1.82, 2.24) is 9.36 Å². The van der Waals surface area contributed by atoms with Gasteiger partial charge in [0, 0.05) is 5.92 Å². The quantitative estimate of drug-likeness (QED) is 0.808. The lowest BCUT2D eigenvalue weighted by atomic mass is 10.1. The summed E-state index contributed by atoms with van der Waals surface area (Å²) in [5.74, 6) is 2.74. The Morgan fingerprint density at radius 3 is 2.92 bits per heavy atom. The van der Waals surface area contributed by atoms with Gasteiger partial charge in [0.1, 0.15) is 5.01 Å². The van der Waals surface area contributed by atoms with E-state index in [0.717, 1.165) is 16.8 Å². The second kappa shape index (κ2) is 3.25. The number of nitrogen functional groups attached to an aromatic ring is 1. The molecule has 0 bridgehead atoms. The van der Waals surface area contributed by atoms with E-state index in [2.05, 4.69) is 23.2 Å². The third-order valence-electron chi connectivity index (χ3n) is 2.47. The van der Waals surface area contributed by atoms with Gasteiger partial charge in [-0.05, 0) is 36.2 Å². The molecule has 0 amide bonds. The van der Waals surface area contributed by atoms with E-state index >= 15 is 0 Å². The van der Waals surface area contributed by atoms with E-state index in [1.165, 1.54) is 24.4 Å². The maximum atomic E-state index is 5.48. The molecule has 0 aromatic carbocycles. The largest absolute Gasteiger partial charge is 0.367 e. The Bertz CT molecular complexity index is 295. The van der Waals surface area contributed by atoms with Crippen LogP contribution in [0.15, 0.2) is 0 Å². The van der Waals surface area contributed by atoms with Gasteiger partial charge in [0.25, 0.3) is 0 Å². The molecule has 4 heteroatoms. The number of hydrogen-bond acceptors (Lipinski definition) is 4. The van der Waals surface area contributed by atoms with Crippen molar-refractivity contribution in [2.45, 2.75) is 32.6 Å². The van der Waals surface area contributed by atoms with Crippen LogP contribution >= 0.6 is 11.5 Å². The molecular formula is C9H15N3S. The zero-order valence-electron chi connectivity index (χ0n) is 8.03. The Balaban J connectivity index is 1.92. The Morgan fingerprint density at radius 1 is 1.62 bits per heavy atom. The number of nitrogens with zero attached hydrogens (tertiary/aromatic N) is 2. The van der Waals surface area contributed by atoms with Crippen molar-refractivity contribution in [3.63, 3.8) is 0 Å². The predicted molar refractivity (Wildman–Crippen MR) is 54.6 cm³/mol. The van der Waals surface area contributed by atoms with E-state index in [0.29, 0.717) is 11.9 Å². The van der Waals surface area contributed by atoms with Crippen LogP contribution in [0.2, 0.25) is 0 Å². The second-order valence-electron chi connectivity index (χ2n) is 4.22. The van der Waals surface area contributed by atoms with Crippen molar-refractivity contribution >= 4 is 17.5 Å². The summed E-state index contributed by atoms with van der Waals surface area (Å²) in [4.78, 5) is 4.22. The first-order valence-electron chi connectivity index (χ1n) is 4.76. The van der Waals surface area contributed by atoms with Crippen molar-refractivity contribution in [3.05, 3.63) is 5.01 Å². The van der Waals surface area contributed by atoms with E-state index in [9.17, 15) is 0 Å². The van der Waals surface area contributed by atoms with Gasteiger partial charge in [-0.3, -0.25) is 0 Å². The molecule has 1 aromatic heterocycles. The van der Waals surface area contributed by atoms with Gasteiger partial charge in [0.2, 0.25) is 5.95 Å². The monoisotopic (exact) mass is 197 g/mol. The molecular weight excluding hydrogens is 182 g/mol. The van der Waals surface area contributed by atoms with Crippen LogP contribution in [-0.4, -0.2) is 9.36 Å². The molecule has 0 aliphatic heterocycles. The van der Waals surface area contributed by atoms with Gasteiger partial charge in [0.05, 0.1) is 0 Å². The maximum absolute atomic E-state index is 5.48. The smallest absolute Gasteiger partial charge is 0.232 e. The molecule has 1 saturated carbocycles. The van der Waals surface area contributed by atoms with Gasteiger partial charge in [-0.1, -0.05) is 13.8 Å². The first kappa shape index (κ1) is 8.94. The average Bonchev–Trinajstić information content (AvgIpc) is 2.63. The molecule has 1 heterocycles. The Kier molecular flexibility index (Phi) is 2.24. The van der Waals surface area contributed by atoms with Crippen molar-refractivity contribution in [2.75, 3.05) is 5.73 Å². The van der Waals surface area contributed by atoms with Crippen molar-refractivity contribution in [1.29, 1.82) is 0 Å². The summed E-state index contributed by atoms with van der Waals surface area (Å²) in [6.45, 7) is 4.54. The summed E-state index contributed by atoms with van der Waals surface area (Å²) >= 11 is 1.46. The Hall–Kier alpha value is -0.640. The Labute approximate surface area is 82.5 Å². The van der Waals surface area contributed by atoms with Crippen LogP contribution in [-0.2, 0) is 0 Å². The topological polar surface area (TPSA) is 51.8 Å². The normalized spacial score (nSPS) is 26.7. The van der Waals surface area contributed by atoms with Crippen LogP contribution in [0, 0.1) is 11.8 Å². The van der Waals surface area contributed by atoms with Crippen molar-refractivity contribution in [3.8, 4) is 0 Å². The predicted octanol–water partition coefficient (Wildman–Crippen LogP) is 2.27. The van der Waals surface area contributed by atoms with Crippen LogP contribution in [0.25, 0.3) is 0 Å². The van der Waals surface area contributed by atoms with Gasteiger partial charge in [-0.25, -0.2) is 4.98 Å². The third kappa shape index (κ3) is 1.99. The van der Waals surface area contributed by atoms with Crippen LogP contribution in [0.5, 0.6) is 0 Å². The van der Waals surface area contributed by atoms with Gasteiger partial charge in [0.15, 0.2) is 0 Å². The second-order valence-corrected chi connectivity index (χ2v) is 5.01. The van der Waals surface area contributed by atoms with E-state index in [-0.39, 0.29) is 0 Å². The lowest BCUT2D eigenvalue weighted by Gasteiger charge is -2.00. The van der Waals surface area contributed by atoms with E-state index < -0.39 is 0 Å². The molecule has 1 aliphatic carbocycles. The molecule has 0 unspecified atom stereocenters. The molecule has 2 atom stereocenters. The maximum Gasteiger partial charge on any atom is 0.232 e. The number of aromatic nitrogens is 2. The highest BCUT2D eigenvalue weighted by molar-refractivity contribution is 7.05. The zero-order valence-corrected chi connectivity index (χ0v) is 8.84. The summed E-state index contributed by atoms with van der Waals surface area (Å²) in [6.07, 6.45) is 2.59. The molecule has 0 spiro atoms. The summed E-state index contributed by atoms with van der Waals surface area (Å²) in [5, 5.41) is 1.14. The molecule has 1 fully saturated rings. The Morgan fingerprint density at radius 2 is 2.38 bits per heavy atom. The molecule has 3 nitrogen and oxygen atoms in total. The first-order chi connectivity index (χ1) is 6.16. The summed E-state index contributed by atoms with van der Waals surface area (Å²) in [5.41, 5.74) is 5.48. The minimum atomic E-state index is 0.440. The summed E-state index contributed by atoms with van der Waals surface area (Å²) in [6, 6.07) is 0. The van der Waals surface area contributed by atoms with Crippen LogP contribution in [0.3, 0.4) is 0 Å². The van der Waals surface area contributed by atoms with Gasteiger partial charge in [-0.15, -0.1) is 0 Å². The molecule has 1 aliphatic rings. The minimum Gasteiger partial charge on any atom is -0.367 e. The van der Waals surface area contributed by atoms with Crippen molar-refractivity contribution < 1.29 is 0 Å². The lowest BCUT2D eigenvalue weighted by molar-refractivity contribution is 0.532. The van der Waals surface area contributed by atoms with E-state index in [4.69, 9.17) is 5.73 Å². The van der Waals surface area contributed by atoms with Crippen LogP contribution in [0.4, 0.5) is 5.95 Å². The van der Waals surface area contributed by atoms with Gasteiger partial charge >= 0.3 is 0 Å².